The van der Waals surface area contributed by atoms with Crippen LogP contribution in [0.25, 0.3) is 0 Å². The molecule has 0 aromatic heterocycles. The molecule has 0 unspecified atom stereocenters. The van der Waals surface area contributed by atoms with Crippen LogP contribution in [-0.2, 0) is 4.79 Å². The van der Waals surface area contributed by atoms with E-state index >= 15 is 0 Å². The molecule has 2 aromatic rings. The molecule has 1 N–H and O–H groups in total. The number of nitrogens with one attached hydrogen (secondary N) is 1. The monoisotopic (exact) mass is 383 g/mol. The van der Waals surface area contributed by atoms with E-state index in [-0.39, 0.29) is 18.4 Å². The minimum Gasteiger partial charge on any atom is -0.492 e. The molecule has 0 saturated carbocycles. The highest BCUT2D eigenvalue weighted by Crippen LogP contribution is 2.12. The lowest BCUT2D eigenvalue weighted by atomic mass is 10.1. The van der Waals surface area contributed by atoms with E-state index in [9.17, 15) is 9.59 Å². The Morgan fingerprint density at radius 3 is 2.21 bits per heavy atom. The number of ether oxygens (including phenoxy) is 1. The molecule has 28 heavy (non-hydrogen) atoms. The van der Waals surface area contributed by atoms with Crippen LogP contribution in [-0.4, -0.2) is 61.4 Å². The zero-order chi connectivity index (χ0) is 20.4. The van der Waals surface area contributed by atoms with Crippen molar-refractivity contribution in [3.8, 4) is 5.75 Å². The Labute approximate surface area is 167 Å². The van der Waals surface area contributed by atoms with Crippen molar-refractivity contribution in [2.24, 2.45) is 0 Å². The number of carbonyl (C=O) groups excluding carboxylic acids is 2. The van der Waals surface area contributed by atoms with Crippen LogP contribution in [0.4, 0.5) is 5.69 Å². The van der Waals surface area contributed by atoms with Crippen molar-refractivity contribution in [3.63, 3.8) is 0 Å². The van der Waals surface area contributed by atoms with Gasteiger partial charge >= 0.3 is 0 Å². The van der Waals surface area contributed by atoms with Crippen LogP contribution >= 0.6 is 0 Å². The Morgan fingerprint density at radius 1 is 0.964 bits per heavy atom. The Hall–Kier alpha value is -2.86. The fraction of sp³-hybridized carbons (Fsp3) is 0.364. The van der Waals surface area contributed by atoms with E-state index in [4.69, 9.17) is 4.74 Å². The third-order valence-corrected chi connectivity index (χ3v) is 4.36. The van der Waals surface area contributed by atoms with Gasteiger partial charge in [-0.05, 0) is 57.3 Å². The highest BCUT2D eigenvalue weighted by molar-refractivity contribution is 5.96. The summed E-state index contributed by atoms with van der Waals surface area (Å²) in [4.78, 5) is 28.2. The molecule has 0 saturated heterocycles. The minimum absolute atomic E-state index is 0.000950. The molecule has 2 amide bonds. The number of benzene rings is 2. The Bertz CT molecular complexity index is 743. The molecule has 0 atom stereocenters. The second kappa shape index (κ2) is 11.1. The Balaban J connectivity index is 1.76. The summed E-state index contributed by atoms with van der Waals surface area (Å²) >= 11 is 0. The molecule has 0 fully saturated rings. The predicted molar refractivity (Wildman–Crippen MR) is 112 cm³/mol. The van der Waals surface area contributed by atoms with E-state index in [0.717, 1.165) is 5.75 Å². The summed E-state index contributed by atoms with van der Waals surface area (Å²) < 4.78 is 5.64. The van der Waals surface area contributed by atoms with Crippen LogP contribution in [0.3, 0.4) is 0 Å². The second-order valence-electron chi connectivity index (χ2n) is 6.50. The predicted octanol–water partition coefficient (Wildman–Crippen LogP) is 3.12. The lowest BCUT2D eigenvalue weighted by Gasteiger charge is -2.19. The van der Waals surface area contributed by atoms with E-state index in [1.807, 2.05) is 56.1 Å². The lowest BCUT2D eigenvalue weighted by Crippen LogP contribution is -2.33. The zero-order valence-corrected chi connectivity index (χ0v) is 16.9. The van der Waals surface area contributed by atoms with Crippen LogP contribution < -0.4 is 10.1 Å². The first-order valence-corrected chi connectivity index (χ1v) is 9.59. The summed E-state index contributed by atoms with van der Waals surface area (Å²) in [6.07, 6.45) is 0. The maximum Gasteiger partial charge on any atom is 0.253 e. The van der Waals surface area contributed by atoms with Gasteiger partial charge in [0, 0.05) is 30.9 Å². The van der Waals surface area contributed by atoms with Crippen molar-refractivity contribution >= 4 is 17.5 Å². The quantitative estimate of drug-likeness (QED) is 0.685. The van der Waals surface area contributed by atoms with Gasteiger partial charge in [0.25, 0.3) is 5.91 Å². The normalized spacial score (nSPS) is 10.6. The molecule has 0 aliphatic rings. The first-order valence-electron chi connectivity index (χ1n) is 9.59. The van der Waals surface area contributed by atoms with Crippen molar-refractivity contribution in [3.05, 3.63) is 60.2 Å². The van der Waals surface area contributed by atoms with E-state index in [0.29, 0.717) is 37.5 Å². The molecule has 0 bridgehead atoms. The average molecular weight is 383 g/mol. The van der Waals surface area contributed by atoms with Gasteiger partial charge < -0.3 is 15.0 Å². The van der Waals surface area contributed by atoms with Gasteiger partial charge in [-0.1, -0.05) is 18.2 Å². The highest BCUT2D eigenvalue weighted by Gasteiger charge is 2.12. The fourth-order valence-electron chi connectivity index (χ4n) is 2.75. The van der Waals surface area contributed by atoms with Crippen molar-refractivity contribution < 1.29 is 14.3 Å². The van der Waals surface area contributed by atoms with Crippen LogP contribution in [0.1, 0.15) is 24.2 Å². The minimum atomic E-state index is -0.106. The summed E-state index contributed by atoms with van der Waals surface area (Å²) in [6.45, 7) is 6.67. The topological polar surface area (TPSA) is 61.9 Å². The van der Waals surface area contributed by atoms with Gasteiger partial charge in [0.2, 0.25) is 5.91 Å². The molecule has 0 radical (unpaired) electrons. The van der Waals surface area contributed by atoms with Crippen LogP contribution in [0.2, 0.25) is 0 Å². The molecule has 150 valence electrons. The molecule has 0 heterocycles. The highest BCUT2D eigenvalue weighted by atomic mass is 16.5. The average Bonchev–Trinajstić information content (AvgIpc) is 2.70. The SMILES string of the molecule is CCN(CC)C(=O)c1ccc(NC(=O)CN(C)CCOc2ccccc2)cc1. The number of rotatable bonds is 10. The largest absolute Gasteiger partial charge is 0.492 e. The summed E-state index contributed by atoms with van der Waals surface area (Å²) in [5.74, 6) is 0.714. The first kappa shape index (κ1) is 21.4. The van der Waals surface area contributed by atoms with Gasteiger partial charge in [-0.25, -0.2) is 0 Å². The number of amides is 2. The fourth-order valence-corrected chi connectivity index (χ4v) is 2.75. The molecular formula is C22H29N3O3. The molecule has 6 heteroatoms. The van der Waals surface area contributed by atoms with Gasteiger partial charge in [-0.2, -0.15) is 0 Å². The Morgan fingerprint density at radius 2 is 1.61 bits per heavy atom. The first-order chi connectivity index (χ1) is 13.5. The van der Waals surface area contributed by atoms with Gasteiger partial charge in [0.05, 0.1) is 6.54 Å². The van der Waals surface area contributed by atoms with Gasteiger partial charge in [-0.3, -0.25) is 14.5 Å². The van der Waals surface area contributed by atoms with Crippen molar-refractivity contribution in [1.29, 1.82) is 0 Å². The van der Waals surface area contributed by atoms with Crippen LogP contribution in [0, 0.1) is 0 Å². The maximum absolute atomic E-state index is 12.3. The lowest BCUT2D eigenvalue weighted by molar-refractivity contribution is -0.117. The summed E-state index contributed by atoms with van der Waals surface area (Å²) in [6, 6.07) is 16.6. The number of nitrogens with zero attached hydrogens (tertiary/aromatic N) is 2. The van der Waals surface area contributed by atoms with E-state index in [1.165, 1.54) is 0 Å². The second-order valence-corrected chi connectivity index (χ2v) is 6.50. The van der Waals surface area contributed by atoms with E-state index < -0.39 is 0 Å². The molecule has 0 spiro atoms. The third-order valence-electron chi connectivity index (χ3n) is 4.36. The van der Waals surface area contributed by atoms with Gasteiger partial charge in [0.1, 0.15) is 12.4 Å². The summed E-state index contributed by atoms with van der Waals surface area (Å²) in [7, 11) is 1.87. The van der Waals surface area contributed by atoms with E-state index in [2.05, 4.69) is 5.32 Å². The van der Waals surface area contributed by atoms with Gasteiger partial charge in [0.15, 0.2) is 0 Å². The molecule has 2 aromatic carbocycles. The summed E-state index contributed by atoms with van der Waals surface area (Å²) in [5, 5.41) is 2.86. The van der Waals surface area contributed by atoms with E-state index in [1.54, 1.807) is 29.2 Å². The molecular weight excluding hydrogens is 354 g/mol. The van der Waals surface area contributed by atoms with Crippen molar-refractivity contribution in [2.75, 3.05) is 45.2 Å². The molecule has 2 rings (SSSR count). The number of hydrogen-bond donors (Lipinski definition) is 1. The number of carbonyl (C=O) groups is 2. The zero-order valence-electron chi connectivity index (χ0n) is 16.9. The maximum atomic E-state index is 12.3. The smallest absolute Gasteiger partial charge is 0.253 e. The standard InChI is InChI=1S/C22H29N3O3/c1-4-25(5-2)22(27)18-11-13-19(14-12-18)23-21(26)17-24(3)15-16-28-20-9-7-6-8-10-20/h6-14H,4-5,15-17H2,1-3H3,(H,23,26). The molecule has 6 nitrogen and oxygen atoms in total. The third kappa shape index (κ3) is 6.70. The van der Waals surface area contributed by atoms with Crippen molar-refractivity contribution in [1.82, 2.24) is 9.80 Å². The number of likely N-dealkylation sites (N-methyl/N-ethyl adjacent to an activating group) is 1. The van der Waals surface area contributed by atoms with Crippen LogP contribution in [0.5, 0.6) is 5.75 Å². The number of para-hydroxylation sites is 1. The van der Waals surface area contributed by atoms with Crippen LogP contribution in [0.15, 0.2) is 54.6 Å². The summed E-state index contributed by atoms with van der Waals surface area (Å²) in [5.41, 5.74) is 1.30. The Kier molecular flexibility index (Phi) is 8.49. The van der Waals surface area contributed by atoms with Crippen molar-refractivity contribution in [2.45, 2.75) is 13.8 Å². The number of anilines is 1. The van der Waals surface area contributed by atoms with Gasteiger partial charge in [-0.15, -0.1) is 0 Å². The number of hydrogen-bond acceptors (Lipinski definition) is 4. The molecule has 0 aliphatic carbocycles. The molecule has 0 aliphatic heterocycles.